The Bertz CT molecular complexity index is 522. The summed E-state index contributed by atoms with van der Waals surface area (Å²) in [5.41, 5.74) is 2.50. The monoisotopic (exact) mass is 279 g/mol. The first kappa shape index (κ1) is 13.8. The lowest BCUT2D eigenvalue weighted by molar-refractivity contribution is 0.185. The van der Waals surface area contributed by atoms with Crippen molar-refractivity contribution in [2.75, 3.05) is 12.4 Å². The molecule has 0 unspecified atom stereocenters. The number of anilines is 1. The summed E-state index contributed by atoms with van der Waals surface area (Å²) in [6.45, 7) is 1.11. The summed E-state index contributed by atoms with van der Waals surface area (Å²) in [4.78, 5) is 0. The highest BCUT2D eigenvalue weighted by Crippen LogP contribution is 2.25. The molecule has 0 heterocycles. The van der Waals surface area contributed by atoms with Gasteiger partial charge >= 0.3 is 0 Å². The van der Waals surface area contributed by atoms with Crippen LogP contribution in [0.25, 0.3) is 0 Å². The molecule has 0 radical (unpaired) electrons. The molecule has 0 bridgehead atoms. The van der Waals surface area contributed by atoms with Crippen LogP contribution in [0.5, 0.6) is 0 Å². The standard InChI is InChI=1S/C15H15ClFNO/c1-19-10-12-7-5-11(6-8-12)9-18-15-13(16)3-2-4-14(15)17/h2-8,18H,9-10H2,1H3. The molecule has 0 spiro atoms. The Morgan fingerprint density at radius 1 is 1.11 bits per heavy atom. The van der Waals surface area contributed by atoms with E-state index < -0.39 is 0 Å². The Morgan fingerprint density at radius 2 is 1.79 bits per heavy atom. The molecule has 0 atom stereocenters. The lowest BCUT2D eigenvalue weighted by atomic mass is 10.1. The van der Waals surface area contributed by atoms with E-state index in [2.05, 4.69) is 5.32 Å². The number of benzene rings is 2. The van der Waals surface area contributed by atoms with Gasteiger partial charge in [0.25, 0.3) is 0 Å². The van der Waals surface area contributed by atoms with Crippen molar-refractivity contribution in [1.82, 2.24) is 0 Å². The highest BCUT2D eigenvalue weighted by molar-refractivity contribution is 6.33. The molecule has 2 rings (SSSR count). The van der Waals surface area contributed by atoms with Crippen LogP contribution >= 0.6 is 11.6 Å². The van der Waals surface area contributed by atoms with Gasteiger partial charge in [0.2, 0.25) is 0 Å². The maximum absolute atomic E-state index is 13.6. The van der Waals surface area contributed by atoms with Gasteiger partial charge in [0, 0.05) is 13.7 Å². The van der Waals surface area contributed by atoms with Crippen LogP contribution in [0.3, 0.4) is 0 Å². The SMILES string of the molecule is COCc1ccc(CNc2c(F)cccc2Cl)cc1. The van der Waals surface area contributed by atoms with E-state index in [1.807, 2.05) is 24.3 Å². The third-order valence-electron chi connectivity index (χ3n) is 2.77. The van der Waals surface area contributed by atoms with Crippen molar-refractivity contribution >= 4 is 17.3 Å². The van der Waals surface area contributed by atoms with Gasteiger partial charge in [-0.3, -0.25) is 0 Å². The zero-order valence-corrected chi connectivity index (χ0v) is 11.4. The van der Waals surface area contributed by atoms with E-state index in [-0.39, 0.29) is 5.82 Å². The molecule has 1 N–H and O–H groups in total. The van der Waals surface area contributed by atoms with Crippen LogP contribution in [0, 0.1) is 5.82 Å². The minimum Gasteiger partial charge on any atom is -0.380 e. The summed E-state index contributed by atoms with van der Waals surface area (Å²) in [7, 11) is 1.66. The maximum atomic E-state index is 13.6. The molecule has 4 heteroatoms. The van der Waals surface area contributed by atoms with E-state index in [1.165, 1.54) is 6.07 Å². The second-order valence-corrected chi connectivity index (χ2v) is 4.61. The summed E-state index contributed by atoms with van der Waals surface area (Å²) < 4.78 is 18.6. The van der Waals surface area contributed by atoms with E-state index in [4.69, 9.17) is 16.3 Å². The zero-order valence-electron chi connectivity index (χ0n) is 10.6. The number of methoxy groups -OCH3 is 1. The Kier molecular flexibility index (Phi) is 4.77. The lowest BCUT2D eigenvalue weighted by Gasteiger charge is -2.10. The van der Waals surface area contributed by atoms with Crippen molar-refractivity contribution in [1.29, 1.82) is 0 Å². The third kappa shape index (κ3) is 3.69. The molecule has 2 nitrogen and oxygen atoms in total. The van der Waals surface area contributed by atoms with Crippen LogP contribution < -0.4 is 5.32 Å². The highest BCUT2D eigenvalue weighted by Gasteiger charge is 2.05. The Hall–Kier alpha value is -1.58. The topological polar surface area (TPSA) is 21.3 Å². The van der Waals surface area contributed by atoms with E-state index in [1.54, 1.807) is 19.2 Å². The molecular formula is C15H15ClFNO. The average molecular weight is 280 g/mol. The molecule has 19 heavy (non-hydrogen) atoms. The molecule has 0 aliphatic rings. The molecule has 0 saturated carbocycles. The highest BCUT2D eigenvalue weighted by atomic mass is 35.5. The predicted octanol–water partition coefficient (Wildman–Crippen LogP) is 4.24. The minimum absolute atomic E-state index is 0.338. The molecule has 0 amide bonds. The third-order valence-corrected chi connectivity index (χ3v) is 3.08. The van der Waals surface area contributed by atoms with Crippen LogP contribution in [0.1, 0.15) is 11.1 Å². The first-order chi connectivity index (χ1) is 9.20. The summed E-state index contributed by atoms with van der Waals surface area (Å²) in [6.07, 6.45) is 0. The molecule has 0 aliphatic heterocycles. The summed E-state index contributed by atoms with van der Waals surface area (Å²) in [5.74, 6) is -0.344. The quantitative estimate of drug-likeness (QED) is 0.884. The van der Waals surface area contributed by atoms with Crippen LogP contribution in [-0.4, -0.2) is 7.11 Å². The van der Waals surface area contributed by atoms with Gasteiger partial charge in [-0.1, -0.05) is 41.9 Å². The summed E-state index contributed by atoms with van der Waals surface area (Å²) in [6, 6.07) is 12.6. The fourth-order valence-corrected chi connectivity index (χ4v) is 2.01. The molecular weight excluding hydrogens is 265 g/mol. The Labute approximate surface area is 117 Å². The molecule has 2 aromatic rings. The molecule has 100 valence electrons. The average Bonchev–Trinajstić information content (AvgIpc) is 2.40. The number of para-hydroxylation sites is 1. The first-order valence-electron chi connectivity index (χ1n) is 5.95. The molecule has 0 aromatic heterocycles. The largest absolute Gasteiger partial charge is 0.380 e. The predicted molar refractivity (Wildman–Crippen MR) is 75.9 cm³/mol. The number of nitrogens with one attached hydrogen (secondary N) is 1. The second kappa shape index (κ2) is 6.55. The summed E-state index contributed by atoms with van der Waals surface area (Å²) >= 11 is 5.94. The van der Waals surface area contributed by atoms with Gasteiger partial charge in [-0.15, -0.1) is 0 Å². The molecule has 2 aromatic carbocycles. The van der Waals surface area contributed by atoms with Gasteiger partial charge in [0.1, 0.15) is 5.82 Å². The number of hydrogen-bond donors (Lipinski definition) is 1. The van der Waals surface area contributed by atoms with Gasteiger partial charge in [-0.25, -0.2) is 4.39 Å². The molecule has 0 aliphatic carbocycles. The fourth-order valence-electron chi connectivity index (χ4n) is 1.78. The smallest absolute Gasteiger partial charge is 0.147 e. The second-order valence-electron chi connectivity index (χ2n) is 4.20. The van der Waals surface area contributed by atoms with Gasteiger partial charge in [0.15, 0.2) is 0 Å². The van der Waals surface area contributed by atoms with Crippen molar-refractivity contribution in [3.63, 3.8) is 0 Å². The van der Waals surface area contributed by atoms with Crippen LogP contribution in [0.15, 0.2) is 42.5 Å². The Morgan fingerprint density at radius 3 is 2.42 bits per heavy atom. The van der Waals surface area contributed by atoms with E-state index in [9.17, 15) is 4.39 Å². The van der Waals surface area contributed by atoms with Gasteiger partial charge in [-0.2, -0.15) is 0 Å². The fraction of sp³-hybridized carbons (Fsp3) is 0.200. The lowest BCUT2D eigenvalue weighted by Crippen LogP contribution is -2.02. The van der Waals surface area contributed by atoms with Gasteiger partial charge < -0.3 is 10.1 Å². The molecule has 0 saturated heterocycles. The molecule has 0 fully saturated rings. The van der Waals surface area contributed by atoms with Crippen LogP contribution in [-0.2, 0) is 17.9 Å². The minimum atomic E-state index is -0.344. The summed E-state index contributed by atoms with van der Waals surface area (Å²) in [5, 5.41) is 3.40. The van der Waals surface area contributed by atoms with Gasteiger partial charge in [-0.05, 0) is 23.3 Å². The van der Waals surface area contributed by atoms with Crippen molar-refractivity contribution in [2.24, 2.45) is 0 Å². The number of hydrogen-bond acceptors (Lipinski definition) is 2. The first-order valence-corrected chi connectivity index (χ1v) is 6.33. The maximum Gasteiger partial charge on any atom is 0.147 e. The normalized spacial score (nSPS) is 10.5. The van der Waals surface area contributed by atoms with E-state index >= 15 is 0 Å². The van der Waals surface area contributed by atoms with E-state index in [0.717, 1.165) is 11.1 Å². The van der Waals surface area contributed by atoms with Crippen molar-refractivity contribution in [3.05, 3.63) is 64.4 Å². The van der Waals surface area contributed by atoms with Crippen LogP contribution in [0.4, 0.5) is 10.1 Å². The van der Waals surface area contributed by atoms with E-state index in [0.29, 0.717) is 23.9 Å². The Balaban J connectivity index is 2.02. The van der Waals surface area contributed by atoms with Gasteiger partial charge in [0.05, 0.1) is 17.3 Å². The number of ether oxygens (including phenoxy) is 1. The van der Waals surface area contributed by atoms with Crippen molar-refractivity contribution in [2.45, 2.75) is 13.2 Å². The van der Waals surface area contributed by atoms with Crippen molar-refractivity contribution in [3.8, 4) is 0 Å². The van der Waals surface area contributed by atoms with Crippen LogP contribution in [0.2, 0.25) is 5.02 Å². The van der Waals surface area contributed by atoms with Crippen molar-refractivity contribution < 1.29 is 9.13 Å². The number of halogens is 2. The zero-order chi connectivity index (χ0) is 13.7. The number of rotatable bonds is 5.